The number of likely N-dealkylation sites (tertiary alicyclic amines) is 1. The highest BCUT2D eigenvalue weighted by atomic mass is 35.5. The molecule has 4 heterocycles. The summed E-state index contributed by atoms with van der Waals surface area (Å²) in [4.78, 5) is 36.8. The van der Waals surface area contributed by atoms with Gasteiger partial charge in [-0.3, -0.25) is 19.5 Å². The van der Waals surface area contributed by atoms with Gasteiger partial charge in [-0.05, 0) is 36.8 Å². The molecule has 0 radical (unpaired) electrons. The molecule has 0 unspecified atom stereocenters. The Morgan fingerprint density at radius 3 is 2.86 bits per heavy atom. The smallest absolute Gasteiger partial charge is 0.269 e. The number of halogens is 1. The van der Waals surface area contributed by atoms with Crippen molar-refractivity contribution in [2.45, 2.75) is 25.6 Å². The van der Waals surface area contributed by atoms with Crippen LogP contribution < -0.4 is 15.6 Å². The molecule has 0 aliphatic carbocycles. The lowest BCUT2D eigenvalue weighted by atomic mass is 10.00. The molecule has 0 saturated carbocycles. The quantitative estimate of drug-likeness (QED) is 0.663. The van der Waals surface area contributed by atoms with Crippen LogP contribution in [-0.4, -0.2) is 51.5 Å². The number of hydrogen-bond acceptors (Lipinski definition) is 6. The average molecular weight is 414 g/mol. The minimum atomic E-state index is -0.319. The zero-order valence-corrected chi connectivity index (χ0v) is 16.7. The highest BCUT2D eigenvalue weighted by molar-refractivity contribution is 6.30. The fourth-order valence-corrected chi connectivity index (χ4v) is 3.45. The maximum Gasteiger partial charge on any atom is 0.269 e. The largest absolute Gasteiger partial charge is 0.486 e. The van der Waals surface area contributed by atoms with Crippen molar-refractivity contribution in [3.8, 4) is 5.75 Å². The zero-order valence-electron chi connectivity index (χ0n) is 16.0. The molecule has 9 heteroatoms. The first-order valence-corrected chi connectivity index (χ1v) is 9.58. The molecular weight excluding hydrogens is 394 g/mol. The number of fused-ring (bicyclic) bond motifs is 1. The predicted octanol–water partition coefficient (Wildman–Crippen LogP) is 1.98. The first-order chi connectivity index (χ1) is 13.9. The van der Waals surface area contributed by atoms with Gasteiger partial charge in [0.25, 0.3) is 11.5 Å². The lowest BCUT2D eigenvalue weighted by Crippen LogP contribution is -2.60. The number of carbonyl (C=O) groups excluding carboxylic acids is 1. The van der Waals surface area contributed by atoms with E-state index in [-0.39, 0.29) is 28.6 Å². The number of nitrogens with one attached hydrogen (secondary N) is 2. The molecular formula is C20H20ClN5O3. The number of aromatic nitrogens is 3. The van der Waals surface area contributed by atoms with Gasteiger partial charge in [-0.1, -0.05) is 11.6 Å². The monoisotopic (exact) mass is 413 g/mol. The van der Waals surface area contributed by atoms with Gasteiger partial charge < -0.3 is 15.0 Å². The Morgan fingerprint density at radius 1 is 1.34 bits per heavy atom. The van der Waals surface area contributed by atoms with Crippen LogP contribution in [0.25, 0.3) is 11.0 Å². The van der Waals surface area contributed by atoms with E-state index in [1.807, 2.05) is 6.07 Å². The fraction of sp³-hybridized carbons (Fsp3) is 0.300. The van der Waals surface area contributed by atoms with Crippen molar-refractivity contribution in [1.82, 2.24) is 25.2 Å². The Balaban J connectivity index is 1.38. The SMILES string of the molecule is CNC(=O)c1ccc(O[C@H]2CN(Cc3cnc4cc(Cl)c(=O)[nH]c4c3)[C@@H]2C)cn1. The van der Waals surface area contributed by atoms with Crippen LogP contribution in [-0.2, 0) is 6.54 Å². The summed E-state index contributed by atoms with van der Waals surface area (Å²) >= 11 is 5.85. The Labute approximate surface area is 171 Å². The maximum atomic E-state index is 11.7. The molecule has 1 fully saturated rings. The Kier molecular flexibility index (Phi) is 5.21. The molecule has 0 bridgehead atoms. The van der Waals surface area contributed by atoms with Gasteiger partial charge >= 0.3 is 0 Å². The summed E-state index contributed by atoms with van der Waals surface area (Å²) in [7, 11) is 1.57. The molecule has 0 aromatic carbocycles. The number of carbonyl (C=O) groups is 1. The van der Waals surface area contributed by atoms with Crippen molar-refractivity contribution in [2.24, 2.45) is 0 Å². The van der Waals surface area contributed by atoms with Crippen molar-refractivity contribution in [3.05, 3.63) is 63.3 Å². The van der Waals surface area contributed by atoms with Crippen molar-refractivity contribution in [2.75, 3.05) is 13.6 Å². The summed E-state index contributed by atoms with van der Waals surface area (Å²) in [6.07, 6.45) is 3.39. The summed E-state index contributed by atoms with van der Waals surface area (Å²) in [5.41, 5.74) is 2.35. The van der Waals surface area contributed by atoms with Gasteiger partial charge in [-0.25, -0.2) is 4.98 Å². The number of ether oxygens (including phenoxy) is 1. The topological polar surface area (TPSA) is 100 Å². The van der Waals surface area contributed by atoms with Crippen LogP contribution in [0.5, 0.6) is 5.75 Å². The number of nitrogens with zero attached hydrogens (tertiary/aromatic N) is 3. The van der Waals surface area contributed by atoms with Crippen LogP contribution in [0.15, 0.2) is 41.5 Å². The summed E-state index contributed by atoms with van der Waals surface area (Å²) in [6, 6.07) is 7.08. The highest BCUT2D eigenvalue weighted by Crippen LogP contribution is 2.26. The summed E-state index contributed by atoms with van der Waals surface area (Å²) in [6.45, 7) is 3.55. The van der Waals surface area contributed by atoms with E-state index in [2.05, 4.69) is 32.1 Å². The third-order valence-electron chi connectivity index (χ3n) is 5.10. The molecule has 1 aliphatic rings. The van der Waals surface area contributed by atoms with Gasteiger partial charge in [-0.2, -0.15) is 0 Å². The van der Waals surface area contributed by atoms with Crippen molar-refractivity contribution in [1.29, 1.82) is 0 Å². The summed E-state index contributed by atoms with van der Waals surface area (Å²) < 4.78 is 5.98. The van der Waals surface area contributed by atoms with E-state index in [1.54, 1.807) is 37.6 Å². The molecule has 1 saturated heterocycles. The molecule has 3 aromatic rings. The van der Waals surface area contributed by atoms with E-state index >= 15 is 0 Å². The number of H-pyrrole nitrogens is 1. The van der Waals surface area contributed by atoms with E-state index in [0.29, 0.717) is 29.0 Å². The molecule has 150 valence electrons. The van der Waals surface area contributed by atoms with Crippen LogP contribution >= 0.6 is 11.6 Å². The average Bonchev–Trinajstić information content (AvgIpc) is 2.73. The minimum absolute atomic E-state index is 0.0367. The molecule has 8 nitrogen and oxygen atoms in total. The molecule has 1 amide bonds. The number of pyridine rings is 3. The van der Waals surface area contributed by atoms with E-state index < -0.39 is 0 Å². The Hall–Kier alpha value is -2.97. The molecule has 4 rings (SSSR count). The second kappa shape index (κ2) is 7.81. The van der Waals surface area contributed by atoms with Gasteiger partial charge in [0.2, 0.25) is 0 Å². The summed E-state index contributed by atoms with van der Waals surface area (Å²) in [5, 5.41) is 2.67. The molecule has 29 heavy (non-hydrogen) atoms. The van der Waals surface area contributed by atoms with Gasteiger partial charge in [0.1, 0.15) is 22.6 Å². The second-order valence-corrected chi connectivity index (χ2v) is 7.41. The van der Waals surface area contributed by atoms with Crippen LogP contribution in [0.3, 0.4) is 0 Å². The Morgan fingerprint density at radius 2 is 2.17 bits per heavy atom. The molecule has 2 atom stereocenters. The zero-order chi connectivity index (χ0) is 20.5. The number of amides is 1. The predicted molar refractivity (Wildman–Crippen MR) is 109 cm³/mol. The first kappa shape index (κ1) is 19.4. The van der Waals surface area contributed by atoms with Crippen LogP contribution in [0.4, 0.5) is 0 Å². The van der Waals surface area contributed by atoms with Crippen LogP contribution in [0.1, 0.15) is 23.0 Å². The van der Waals surface area contributed by atoms with Crippen LogP contribution in [0.2, 0.25) is 5.02 Å². The van der Waals surface area contributed by atoms with Gasteiger partial charge in [-0.15, -0.1) is 0 Å². The molecule has 0 spiro atoms. The molecule has 1 aliphatic heterocycles. The minimum Gasteiger partial charge on any atom is -0.486 e. The van der Waals surface area contributed by atoms with Gasteiger partial charge in [0, 0.05) is 32.4 Å². The fourth-order valence-electron chi connectivity index (χ4n) is 3.30. The second-order valence-electron chi connectivity index (χ2n) is 7.01. The number of hydrogen-bond donors (Lipinski definition) is 2. The van der Waals surface area contributed by atoms with E-state index in [4.69, 9.17) is 16.3 Å². The van der Waals surface area contributed by atoms with Gasteiger partial charge in [0.15, 0.2) is 0 Å². The Bertz CT molecular complexity index is 1120. The lowest BCUT2D eigenvalue weighted by molar-refractivity contribution is -0.0415. The molecule has 3 aromatic heterocycles. The third kappa shape index (κ3) is 3.94. The molecule has 2 N–H and O–H groups in total. The standard InChI is InChI=1S/C20H20ClN5O3/c1-11-18(29-13-3-4-15(24-8-13)20(28)22-2)10-26(11)9-12-5-17-16(23-7-12)6-14(21)19(27)25-17/h3-8,11,18H,9-10H2,1-2H3,(H,22,28)(H,25,27)/t11-,18+/m1/s1. The summed E-state index contributed by atoms with van der Waals surface area (Å²) in [5.74, 6) is 0.406. The highest BCUT2D eigenvalue weighted by Gasteiger charge is 2.37. The maximum absolute atomic E-state index is 11.7. The van der Waals surface area contributed by atoms with Crippen LogP contribution in [0, 0.1) is 0 Å². The van der Waals surface area contributed by atoms with Crippen molar-refractivity contribution >= 4 is 28.5 Å². The van der Waals surface area contributed by atoms with Crippen molar-refractivity contribution < 1.29 is 9.53 Å². The third-order valence-corrected chi connectivity index (χ3v) is 5.38. The van der Waals surface area contributed by atoms with E-state index in [0.717, 1.165) is 12.1 Å². The lowest BCUT2D eigenvalue weighted by Gasteiger charge is -2.45. The number of rotatable bonds is 5. The van der Waals surface area contributed by atoms with Gasteiger partial charge in [0.05, 0.1) is 17.2 Å². The normalized spacial score (nSPS) is 19.0. The first-order valence-electron chi connectivity index (χ1n) is 9.21. The van der Waals surface area contributed by atoms with Crippen molar-refractivity contribution in [3.63, 3.8) is 0 Å². The van der Waals surface area contributed by atoms with E-state index in [9.17, 15) is 9.59 Å². The van der Waals surface area contributed by atoms with E-state index in [1.165, 1.54) is 0 Å². The number of aromatic amines is 1.